The minimum absolute atomic E-state index is 0.0351. The first-order chi connectivity index (χ1) is 8.15. The Labute approximate surface area is 107 Å². The van der Waals surface area contributed by atoms with E-state index in [2.05, 4.69) is 15.6 Å². The van der Waals surface area contributed by atoms with Crippen molar-refractivity contribution in [3.05, 3.63) is 11.1 Å². The van der Waals surface area contributed by atoms with E-state index in [1.807, 2.05) is 12.3 Å². The van der Waals surface area contributed by atoms with Crippen LogP contribution in [0.1, 0.15) is 12.1 Å². The number of rotatable bonds is 4. The number of anilines is 1. The summed E-state index contributed by atoms with van der Waals surface area (Å²) in [4.78, 5) is 27.0. The number of carbonyl (C=O) groups excluding carboxylic acids is 2. The van der Waals surface area contributed by atoms with Crippen molar-refractivity contribution in [3.8, 4) is 0 Å². The molecule has 0 bridgehead atoms. The van der Waals surface area contributed by atoms with Gasteiger partial charge in [-0.25, -0.2) is 4.98 Å². The Kier molecular flexibility index (Phi) is 4.01. The summed E-state index contributed by atoms with van der Waals surface area (Å²) in [6.45, 7) is 2.59. The predicted octanol–water partition coefficient (Wildman–Crippen LogP) is 1.01. The van der Waals surface area contributed by atoms with Crippen LogP contribution in [-0.2, 0) is 9.59 Å². The molecule has 1 aliphatic heterocycles. The Bertz CT molecular complexity index is 433. The lowest BCUT2D eigenvalue weighted by atomic mass is 10.4. The van der Waals surface area contributed by atoms with E-state index < -0.39 is 0 Å². The molecule has 0 aliphatic carbocycles. The monoisotopic (exact) mass is 271 g/mol. The van der Waals surface area contributed by atoms with E-state index in [-0.39, 0.29) is 22.8 Å². The average molecular weight is 271 g/mol. The molecule has 0 saturated carbocycles. The van der Waals surface area contributed by atoms with E-state index in [0.29, 0.717) is 11.7 Å². The maximum atomic E-state index is 11.6. The van der Waals surface area contributed by atoms with Crippen molar-refractivity contribution < 1.29 is 9.59 Å². The summed E-state index contributed by atoms with van der Waals surface area (Å²) < 4.78 is 0. The van der Waals surface area contributed by atoms with Crippen LogP contribution in [0.5, 0.6) is 0 Å². The maximum Gasteiger partial charge on any atom is 0.236 e. The smallest absolute Gasteiger partial charge is 0.236 e. The maximum absolute atomic E-state index is 11.6. The molecular weight excluding hydrogens is 258 g/mol. The number of carbonyl (C=O) groups is 2. The minimum atomic E-state index is -0.107. The number of aromatic nitrogens is 1. The zero-order chi connectivity index (χ0) is 12.3. The zero-order valence-electron chi connectivity index (χ0n) is 9.36. The normalized spacial score (nSPS) is 19.1. The lowest BCUT2D eigenvalue weighted by Gasteiger charge is -2.05. The molecule has 2 amide bonds. The molecule has 17 heavy (non-hydrogen) atoms. The van der Waals surface area contributed by atoms with Gasteiger partial charge in [0, 0.05) is 11.9 Å². The summed E-state index contributed by atoms with van der Waals surface area (Å²) in [6, 6.07) is 0. The van der Waals surface area contributed by atoms with Crippen LogP contribution >= 0.6 is 23.1 Å². The van der Waals surface area contributed by atoms with Crippen LogP contribution in [0.3, 0.4) is 0 Å². The summed E-state index contributed by atoms with van der Waals surface area (Å²) in [5.74, 6) is 0.216. The number of nitrogens with zero attached hydrogens (tertiary/aromatic N) is 1. The third-order valence-electron chi connectivity index (χ3n) is 2.28. The first kappa shape index (κ1) is 12.4. The summed E-state index contributed by atoms with van der Waals surface area (Å²) in [6.07, 6.45) is 0.799. The zero-order valence-corrected chi connectivity index (χ0v) is 11.0. The van der Waals surface area contributed by atoms with E-state index in [1.165, 1.54) is 23.1 Å². The topological polar surface area (TPSA) is 71.1 Å². The van der Waals surface area contributed by atoms with Crippen molar-refractivity contribution in [2.45, 2.75) is 18.6 Å². The molecule has 1 aliphatic rings. The van der Waals surface area contributed by atoms with E-state index >= 15 is 0 Å². The molecule has 1 saturated heterocycles. The van der Waals surface area contributed by atoms with Crippen LogP contribution < -0.4 is 10.6 Å². The Balaban J connectivity index is 1.76. The standard InChI is InChI=1S/C10H13N3O2S2/c1-6-4-17-10(12-6)13-8(14)5-16-7-2-3-11-9(7)15/h4,7H,2-3,5H2,1H3,(H,11,15)(H,12,13,14)/t7-/m0/s1. The molecule has 2 N–H and O–H groups in total. The highest BCUT2D eigenvalue weighted by Crippen LogP contribution is 2.19. The summed E-state index contributed by atoms with van der Waals surface area (Å²) in [5, 5.41) is 7.87. The highest BCUT2D eigenvalue weighted by atomic mass is 32.2. The number of amides is 2. The number of hydrogen-bond donors (Lipinski definition) is 2. The van der Waals surface area contributed by atoms with Crippen molar-refractivity contribution in [1.82, 2.24) is 10.3 Å². The molecule has 5 nitrogen and oxygen atoms in total. The third kappa shape index (κ3) is 3.44. The summed E-state index contributed by atoms with van der Waals surface area (Å²) in [7, 11) is 0. The van der Waals surface area contributed by atoms with Gasteiger partial charge in [-0.05, 0) is 13.3 Å². The van der Waals surface area contributed by atoms with Crippen molar-refractivity contribution in [3.63, 3.8) is 0 Å². The molecule has 0 spiro atoms. The van der Waals surface area contributed by atoms with Crippen molar-refractivity contribution in [1.29, 1.82) is 0 Å². The molecule has 0 aromatic carbocycles. The molecular formula is C10H13N3O2S2. The van der Waals surface area contributed by atoms with Gasteiger partial charge in [-0.2, -0.15) is 0 Å². The second-order valence-corrected chi connectivity index (χ2v) is 5.77. The Morgan fingerprint density at radius 1 is 1.76 bits per heavy atom. The number of nitrogens with one attached hydrogen (secondary N) is 2. The van der Waals surface area contributed by atoms with Crippen molar-refractivity contribution >= 4 is 40.0 Å². The molecule has 1 aromatic rings. The number of thioether (sulfide) groups is 1. The number of aryl methyl sites for hydroxylation is 1. The van der Waals surface area contributed by atoms with Crippen LogP contribution in [0.4, 0.5) is 5.13 Å². The Morgan fingerprint density at radius 3 is 3.18 bits per heavy atom. The number of hydrogen-bond acceptors (Lipinski definition) is 5. The van der Waals surface area contributed by atoms with Gasteiger partial charge in [0.25, 0.3) is 0 Å². The highest BCUT2D eigenvalue weighted by molar-refractivity contribution is 8.01. The van der Waals surface area contributed by atoms with Gasteiger partial charge < -0.3 is 10.6 Å². The average Bonchev–Trinajstić information content (AvgIpc) is 2.85. The van der Waals surface area contributed by atoms with Crippen LogP contribution in [0.15, 0.2) is 5.38 Å². The van der Waals surface area contributed by atoms with Crippen LogP contribution in [0.2, 0.25) is 0 Å². The molecule has 7 heteroatoms. The molecule has 2 heterocycles. The fraction of sp³-hybridized carbons (Fsp3) is 0.500. The van der Waals surface area contributed by atoms with Gasteiger partial charge in [0.15, 0.2) is 5.13 Å². The van der Waals surface area contributed by atoms with E-state index in [4.69, 9.17) is 0 Å². The summed E-state index contributed by atoms with van der Waals surface area (Å²) in [5.41, 5.74) is 0.896. The van der Waals surface area contributed by atoms with E-state index in [0.717, 1.165) is 12.1 Å². The lowest BCUT2D eigenvalue weighted by molar-refractivity contribution is -0.118. The molecule has 1 aromatic heterocycles. The second kappa shape index (κ2) is 5.50. The van der Waals surface area contributed by atoms with Gasteiger partial charge in [-0.1, -0.05) is 0 Å². The van der Waals surface area contributed by atoms with Crippen LogP contribution in [0, 0.1) is 6.92 Å². The fourth-order valence-corrected chi connectivity index (χ4v) is 3.12. The molecule has 2 rings (SSSR count). The van der Waals surface area contributed by atoms with Gasteiger partial charge in [-0.15, -0.1) is 23.1 Å². The first-order valence-corrected chi connectivity index (χ1v) is 7.19. The largest absolute Gasteiger partial charge is 0.355 e. The van der Waals surface area contributed by atoms with Crippen LogP contribution in [0.25, 0.3) is 0 Å². The Morgan fingerprint density at radius 2 is 2.59 bits per heavy atom. The highest BCUT2D eigenvalue weighted by Gasteiger charge is 2.25. The summed E-state index contributed by atoms with van der Waals surface area (Å²) >= 11 is 2.78. The fourth-order valence-electron chi connectivity index (χ4n) is 1.47. The first-order valence-electron chi connectivity index (χ1n) is 5.26. The SMILES string of the molecule is Cc1csc(NC(=O)CS[C@H]2CCNC2=O)n1. The van der Waals surface area contributed by atoms with Gasteiger partial charge >= 0.3 is 0 Å². The quantitative estimate of drug-likeness (QED) is 0.857. The third-order valence-corrected chi connectivity index (χ3v) is 4.44. The predicted molar refractivity (Wildman–Crippen MR) is 69.4 cm³/mol. The van der Waals surface area contributed by atoms with Crippen molar-refractivity contribution in [2.24, 2.45) is 0 Å². The van der Waals surface area contributed by atoms with Gasteiger partial charge in [0.05, 0.1) is 16.7 Å². The van der Waals surface area contributed by atoms with Gasteiger partial charge in [0.1, 0.15) is 0 Å². The Hall–Kier alpha value is -1.08. The minimum Gasteiger partial charge on any atom is -0.355 e. The van der Waals surface area contributed by atoms with E-state index in [1.54, 1.807) is 0 Å². The molecule has 1 fully saturated rings. The van der Waals surface area contributed by atoms with Crippen LogP contribution in [-0.4, -0.2) is 34.3 Å². The molecule has 0 radical (unpaired) electrons. The van der Waals surface area contributed by atoms with Gasteiger partial charge in [0.2, 0.25) is 11.8 Å². The van der Waals surface area contributed by atoms with Crippen molar-refractivity contribution in [2.75, 3.05) is 17.6 Å². The molecule has 1 atom stereocenters. The lowest BCUT2D eigenvalue weighted by Crippen LogP contribution is -2.23. The van der Waals surface area contributed by atoms with E-state index in [9.17, 15) is 9.59 Å². The second-order valence-electron chi connectivity index (χ2n) is 3.72. The van der Waals surface area contributed by atoms with Gasteiger partial charge in [-0.3, -0.25) is 9.59 Å². The molecule has 92 valence electrons. The molecule has 0 unspecified atom stereocenters. The number of thiazole rings is 1.